The molecule has 0 bridgehead atoms. The summed E-state index contributed by atoms with van der Waals surface area (Å²) in [7, 11) is 1.19. The van der Waals surface area contributed by atoms with E-state index in [2.05, 4.69) is 14.9 Å². The van der Waals surface area contributed by atoms with Gasteiger partial charge in [0, 0.05) is 13.1 Å². The van der Waals surface area contributed by atoms with Crippen LogP contribution in [0.3, 0.4) is 0 Å². The number of ether oxygens (including phenoxy) is 1. The first-order valence-electron chi connectivity index (χ1n) is 6.11. The second-order valence-electron chi connectivity index (χ2n) is 4.37. The summed E-state index contributed by atoms with van der Waals surface area (Å²) < 4.78 is 66.1. The minimum Gasteiger partial charge on any atom is -0.417 e. The Morgan fingerprint density at radius 3 is 2.64 bits per heavy atom. The van der Waals surface area contributed by atoms with Gasteiger partial charge in [-0.2, -0.15) is 27.1 Å². The smallest absolute Gasteiger partial charge is 0.417 e. The van der Waals surface area contributed by atoms with Crippen LogP contribution in [0, 0.1) is 10.1 Å². The monoisotopic (exact) mass is 370 g/mol. The summed E-state index contributed by atoms with van der Waals surface area (Å²) >= 11 is 0. The molecule has 0 aliphatic heterocycles. The molecule has 1 amide bonds. The first-order valence-corrected chi connectivity index (χ1v) is 6.11. The molecule has 0 fully saturated rings. The van der Waals surface area contributed by atoms with E-state index >= 15 is 0 Å². The lowest BCUT2D eigenvalue weighted by Gasteiger charge is -2.04. The lowest BCUT2D eigenvalue weighted by molar-refractivity contribution is -0.383. The van der Waals surface area contributed by atoms with E-state index in [9.17, 15) is 36.9 Å². The highest BCUT2D eigenvalue weighted by Crippen LogP contribution is 2.35. The van der Waals surface area contributed by atoms with E-state index in [1.807, 2.05) is 5.10 Å². The number of halogens is 5. The summed E-state index contributed by atoms with van der Waals surface area (Å²) in [5, 5.41) is 21.3. The number of aromatic nitrogens is 4. The van der Waals surface area contributed by atoms with Gasteiger partial charge >= 0.3 is 24.4 Å². The summed E-state index contributed by atoms with van der Waals surface area (Å²) in [6.45, 7) is -3.19. The predicted molar refractivity (Wildman–Crippen MR) is 68.8 cm³/mol. The zero-order valence-corrected chi connectivity index (χ0v) is 12.0. The molecule has 2 heterocycles. The molecule has 0 atom stereocenters. The maximum Gasteiger partial charge on any atom is 0.471 e. The van der Waals surface area contributed by atoms with Crippen molar-refractivity contribution in [3.05, 3.63) is 16.2 Å². The molecule has 10 nitrogen and oxygen atoms in total. The molecule has 0 saturated carbocycles. The SMILES string of the molecule is Cn1nc(-c2[nH]nc(NC(=O)C(F)(F)F)c2[N+](=O)[O-])cc1OC(F)F. The second kappa shape index (κ2) is 6.33. The first-order chi connectivity index (χ1) is 11.5. The Balaban J connectivity index is 2.43. The van der Waals surface area contributed by atoms with E-state index in [1.54, 1.807) is 0 Å². The van der Waals surface area contributed by atoms with Gasteiger partial charge in [-0.15, -0.1) is 5.10 Å². The molecule has 0 saturated heterocycles. The third-order valence-electron chi connectivity index (χ3n) is 2.72. The van der Waals surface area contributed by atoms with Gasteiger partial charge in [0.2, 0.25) is 11.7 Å². The number of nitro groups is 1. The number of anilines is 1. The molecule has 15 heteroatoms. The standard InChI is InChI=1S/C10H7F5N6O4/c1-20-4(25-9(11)12)2-3(19-20)5-6(21(23)24)7(18-17-5)16-8(22)10(13,14)15/h2,9H,1H3,(H2,16,17,18,22). The van der Waals surface area contributed by atoms with Gasteiger partial charge in [0.1, 0.15) is 5.69 Å². The predicted octanol–water partition coefficient (Wildman–Crippen LogP) is 1.82. The normalized spacial score (nSPS) is 11.6. The highest BCUT2D eigenvalue weighted by atomic mass is 19.4. The number of carbonyl (C=O) groups excluding carboxylic acids is 1. The molecule has 0 aliphatic rings. The molecule has 2 aromatic rings. The van der Waals surface area contributed by atoms with Crippen LogP contribution in [0.5, 0.6) is 5.88 Å². The zero-order valence-electron chi connectivity index (χ0n) is 12.0. The van der Waals surface area contributed by atoms with Crippen LogP contribution in [0.25, 0.3) is 11.4 Å². The number of carbonyl (C=O) groups is 1. The van der Waals surface area contributed by atoms with Crippen molar-refractivity contribution in [2.45, 2.75) is 12.8 Å². The lowest BCUT2D eigenvalue weighted by atomic mass is 10.2. The van der Waals surface area contributed by atoms with Crippen molar-refractivity contribution in [2.24, 2.45) is 7.05 Å². The molecule has 136 valence electrons. The van der Waals surface area contributed by atoms with Crippen molar-refractivity contribution in [3.8, 4) is 17.3 Å². The summed E-state index contributed by atoms with van der Waals surface area (Å²) in [6, 6.07) is 0.877. The van der Waals surface area contributed by atoms with Crippen LogP contribution in [-0.4, -0.2) is 43.6 Å². The number of aromatic amines is 1. The maximum atomic E-state index is 12.3. The van der Waals surface area contributed by atoms with Gasteiger partial charge in [-0.3, -0.25) is 25.3 Å². The van der Waals surface area contributed by atoms with Gasteiger partial charge in [0.15, 0.2) is 5.69 Å². The summed E-state index contributed by atoms with van der Waals surface area (Å²) in [6.07, 6.45) is -5.30. The Bertz CT molecular complexity index is 813. The molecule has 2 rings (SSSR count). The molecule has 0 aliphatic carbocycles. The molecular weight excluding hydrogens is 363 g/mol. The number of alkyl halides is 5. The molecule has 0 unspecified atom stereocenters. The number of aryl methyl sites for hydroxylation is 1. The summed E-state index contributed by atoms with van der Waals surface area (Å²) in [5.41, 5.74) is -1.86. The van der Waals surface area contributed by atoms with Gasteiger partial charge in [-0.05, 0) is 0 Å². The molecular formula is C10H7F5N6O4. The number of nitrogens with zero attached hydrogens (tertiary/aromatic N) is 4. The second-order valence-corrected chi connectivity index (χ2v) is 4.37. The third kappa shape index (κ3) is 3.81. The fourth-order valence-electron chi connectivity index (χ4n) is 1.73. The van der Waals surface area contributed by atoms with Crippen LogP contribution >= 0.6 is 0 Å². The largest absolute Gasteiger partial charge is 0.471 e. The van der Waals surface area contributed by atoms with Crippen molar-refractivity contribution >= 4 is 17.4 Å². The Morgan fingerprint density at radius 1 is 1.48 bits per heavy atom. The Kier molecular flexibility index (Phi) is 4.58. The van der Waals surface area contributed by atoms with E-state index in [0.29, 0.717) is 0 Å². The van der Waals surface area contributed by atoms with Gasteiger partial charge < -0.3 is 4.74 Å². The van der Waals surface area contributed by atoms with Crippen LogP contribution < -0.4 is 10.1 Å². The van der Waals surface area contributed by atoms with Gasteiger partial charge in [0.25, 0.3) is 0 Å². The van der Waals surface area contributed by atoms with Crippen molar-refractivity contribution in [1.82, 2.24) is 20.0 Å². The number of H-pyrrole nitrogens is 1. The molecule has 0 radical (unpaired) electrons. The Labute approximate surface area is 133 Å². The average molecular weight is 370 g/mol. The van der Waals surface area contributed by atoms with E-state index in [0.717, 1.165) is 10.7 Å². The van der Waals surface area contributed by atoms with E-state index < -0.39 is 46.7 Å². The first kappa shape index (κ1) is 18.1. The minimum atomic E-state index is -5.30. The fraction of sp³-hybridized carbons (Fsp3) is 0.300. The number of rotatable bonds is 5. The minimum absolute atomic E-state index is 0.315. The zero-order chi connectivity index (χ0) is 18.9. The Morgan fingerprint density at radius 2 is 2.12 bits per heavy atom. The number of hydrogen-bond donors (Lipinski definition) is 2. The number of amides is 1. The fourth-order valence-corrected chi connectivity index (χ4v) is 1.73. The van der Waals surface area contributed by atoms with E-state index in [4.69, 9.17) is 0 Å². The molecule has 0 aromatic carbocycles. The number of nitrogens with one attached hydrogen (secondary N) is 2. The summed E-state index contributed by atoms with van der Waals surface area (Å²) in [4.78, 5) is 20.9. The van der Waals surface area contributed by atoms with Crippen molar-refractivity contribution < 1.29 is 36.4 Å². The van der Waals surface area contributed by atoms with Crippen LogP contribution in [0.15, 0.2) is 6.07 Å². The van der Waals surface area contributed by atoms with Crippen molar-refractivity contribution in [3.63, 3.8) is 0 Å². The molecule has 0 spiro atoms. The van der Waals surface area contributed by atoms with Crippen LogP contribution in [0.4, 0.5) is 33.5 Å². The number of hydrogen-bond acceptors (Lipinski definition) is 6. The van der Waals surface area contributed by atoms with Crippen molar-refractivity contribution in [1.29, 1.82) is 0 Å². The Hall–Kier alpha value is -3.26. The van der Waals surface area contributed by atoms with Crippen LogP contribution in [-0.2, 0) is 11.8 Å². The van der Waals surface area contributed by atoms with E-state index in [-0.39, 0.29) is 5.69 Å². The van der Waals surface area contributed by atoms with Gasteiger partial charge in [0.05, 0.1) is 4.92 Å². The molecule has 2 aromatic heterocycles. The molecule has 2 N–H and O–H groups in total. The van der Waals surface area contributed by atoms with E-state index in [1.165, 1.54) is 12.4 Å². The highest BCUT2D eigenvalue weighted by Gasteiger charge is 2.41. The summed E-state index contributed by atoms with van der Waals surface area (Å²) in [5.74, 6) is -3.95. The maximum absolute atomic E-state index is 12.3. The van der Waals surface area contributed by atoms with Gasteiger partial charge in [-0.25, -0.2) is 4.68 Å². The highest BCUT2D eigenvalue weighted by molar-refractivity contribution is 5.97. The van der Waals surface area contributed by atoms with Crippen LogP contribution in [0.2, 0.25) is 0 Å². The molecule has 25 heavy (non-hydrogen) atoms. The van der Waals surface area contributed by atoms with Crippen LogP contribution in [0.1, 0.15) is 0 Å². The lowest BCUT2D eigenvalue weighted by Crippen LogP contribution is -2.30. The quantitative estimate of drug-likeness (QED) is 0.469. The van der Waals surface area contributed by atoms with Gasteiger partial charge in [-0.1, -0.05) is 0 Å². The average Bonchev–Trinajstić information content (AvgIpc) is 3.01. The van der Waals surface area contributed by atoms with Crippen molar-refractivity contribution in [2.75, 3.05) is 5.32 Å². The topological polar surface area (TPSA) is 128 Å². The third-order valence-corrected chi connectivity index (χ3v) is 2.72.